The molecule has 0 aliphatic carbocycles. The second-order valence-electron chi connectivity index (χ2n) is 5.93. The predicted octanol–water partition coefficient (Wildman–Crippen LogP) is 1.46. The van der Waals surface area contributed by atoms with Gasteiger partial charge in [-0.05, 0) is 26.0 Å². The third-order valence-corrected chi connectivity index (χ3v) is 3.50. The first-order chi connectivity index (χ1) is 11.6. The van der Waals surface area contributed by atoms with E-state index < -0.39 is 29.0 Å². The lowest BCUT2D eigenvalue weighted by Crippen LogP contribution is -2.40. The average molecular weight is 358 g/mol. The fourth-order valence-corrected chi connectivity index (χ4v) is 2.18. The highest BCUT2D eigenvalue weighted by Gasteiger charge is 2.43. The van der Waals surface area contributed by atoms with Gasteiger partial charge in [0.25, 0.3) is 5.91 Å². The van der Waals surface area contributed by atoms with E-state index in [9.17, 15) is 22.8 Å². The molecule has 1 aromatic carbocycles. The molecule has 10 heteroatoms. The number of imide groups is 1. The number of benzene rings is 1. The predicted molar refractivity (Wildman–Crippen MR) is 81.9 cm³/mol. The molecule has 7 nitrogen and oxygen atoms in total. The van der Waals surface area contributed by atoms with Gasteiger partial charge in [-0.15, -0.1) is 0 Å². The van der Waals surface area contributed by atoms with Gasteiger partial charge in [0.2, 0.25) is 0 Å². The van der Waals surface area contributed by atoms with Crippen LogP contribution in [0.4, 0.5) is 18.0 Å². The Labute approximate surface area is 141 Å². The van der Waals surface area contributed by atoms with Gasteiger partial charge in [-0.1, -0.05) is 5.16 Å². The number of amidine groups is 1. The van der Waals surface area contributed by atoms with Crippen LogP contribution in [0.3, 0.4) is 0 Å². The quantitative estimate of drug-likeness (QED) is 0.201. The summed E-state index contributed by atoms with van der Waals surface area (Å²) in [5.41, 5.74) is 4.39. The zero-order valence-corrected chi connectivity index (χ0v) is 13.6. The van der Waals surface area contributed by atoms with Crippen molar-refractivity contribution in [1.29, 1.82) is 0 Å². The second-order valence-corrected chi connectivity index (χ2v) is 5.93. The molecule has 0 atom stereocenters. The standard InChI is InChI=1S/C15H17F3N4O3/c1-15(2)13(23)22(14(24)20-15)4-3-5-25-21-12(19)8-6-9(16)11(18)10(17)7-8/h6-7H,3-5H2,1-2H3,(H2,19,21)(H,20,24). The first-order valence-electron chi connectivity index (χ1n) is 7.38. The summed E-state index contributed by atoms with van der Waals surface area (Å²) < 4.78 is 39.1. The summed E-state index contributed by atoms with van der Waals surface area (Å²) in [6.45, 7) is 3.30. The Morgan fingerprint density at radius 1 is 1.28 bits per heavy atom. The van der Waals surface area contributed by atoms with E-state index in [-0.39, 0.29) is 36.9 Å². The van der Waals surface area contributed by atoms with Crippen LogP contribution in [0.2, 0.25) is 0 Å². The molecule has 0 aromatic heterocycles. The van der Waals surface area contributed by atoms with Crippen molar-refractivity contribution in [2.75, 3.05) is 13.2 Å². The molecule has 1 aromatic rings. The molecule has 0 saturated carbocycles. The Hall–Kier alpha value is -2.78. The van der Waals surface area contributed by atoms with Gasteiger partial charge in [-0.25, -0.2) is 18.0 Å². The molecule has 1 heterocycles. The number of carbonyl (C=O) groups is 2. The topological polar surface area (TPSA) is 97.0 Å². The minimum Gasteiger partial charge on any atom is -0.394 e. The molecule has 1 fully saturated rings. The molecule has 25 heavy (non-hydrogen) atoms. The number of oxime groups is 1. The highest BCUT2D eigenvalue weighted by atomic mass is 19.2. The Morgan fingerprint density at radius 3 is 2.40 bits per heavy atom. The summed E-state index contributed by atoms with van der Waals surface area (Å²) in [6, 6.07) is 0.890. The molecule has 0 spiro atoms. The Balaban J connectivity index is 1.85. The van der Waals surface area contributed by atoms with Gasteiger partial charge < -0.3 is 15.9 Å². The lowest BCUT2D eigenvalue weighted by Gasteiger charge is -2.15. The Morgan fingerprint density at radius 2 is 1.88 bits per heavy atom. The minimum atomic E-state index is -1.60. The van der Waals surface area contributed by atoms with Crippen molar-refractivity contribution in [1.82, 2.24) is 10.2 Å². The van der Waals surface area contributed by atoms with Crippen LogP contribution in [0.15, 0.2) is 17.3 Å². The maximum atomic E-state index is 13.1. The van der Waals surface area contributed by atoms with Crippen molar-refractivity contribution in [2.24, 2.45) is 10.9 Å². The maximum Gasteiger partial charge on any atom is 0.325 e. The summed E-state index contributed by atoms with van der Waals surface area (Å²) >= 11 is 0. The highest BCUT2D eigenvalue weighted by Crippen LogP contribution is 2.17. The first-order valence-corrected chi connectivity index (χ1v) is 7.38. The number of halogens is 3. The number of nitrogens with two attached hydrogens (primary N) is 1. The Kier molecular flexibility index (Phi) is 5.19. The van der Waals surface area contributed by atoms with Gasteiger partial charge in [-0.3, -0.25) is 9.69 Å². The van der Waals surface area contributed by atoms with Crippen LogP contribution in [0.1, 0.15) is 25.8 Å². The van der Waals surface area contributed by atoms with Crippen molar-refractivity contribution in [3.05, 3.63) is 35.1 Å². The van der Waals surface area contributed by atoms with Crippen molar-refractivity contribution < 1.29 is 27.6 Å². The van der Waals surface area contributed by atoms with E-state index in [0.29, 0.717) is 12.1 Å². The maximum absolute atomic E-state index is 13.1. The summed E-state index contributed by atoms with van der Waals surface area (Å²) in [7, 11) is 0. The number of rotatable bonds is 6. The summed E-state index contributed by atoms with van der Waals surface area (Å²) in [5, 5.41) is 6.01. The van der Waals surface area contributed by atoms with Crippen molar-refractivity contribution in [3.63, 3.8) is 0 Å². The van der Waals surface area contributed by atoms with Crippen molar-refractivity contribution in [3.8, 4) is 0 Å². The van der Waals surface area contributed by atoms with Gasteiger partial charge in [0.15, 0.2) is 23.3 Å². The van der Waals surface area contributed by atoms with Gasteiger partial charge in [-0.2, -0.15) is 0 Å². The van der Waals surface area contributed by atoms with Crippen LogP contribution < -0.4 is 11.1 Å². The normalized spacial score (nSPS) is 17.0. The van der Waals surface area contributed by atoms with Crippen LogP contribution in [0, 0.1) is 17.5 Å². The molecule has 1 aliphatic heterocycles. The highest BCUT2D eigenvalue weighted by molar-refractivity contribution is 6.06. The Bertz CT molecular complexity index is 714. The molecular formula is C15H17F3N4O3. The summed E-state index contributed by atoms with van der Waals surface area (Å²) in [6.07, 6.45) is 0.276. The molecule has 3 amide bonds. The molecule has 0 radical (unpaired) electrons. The molecule has 3 N–H and O–H groups in total. The van der Waals surface area contributed by atoms with Crippen LogP contribution in [0.25, 0.3) is 0 Å². The van der Waals surface area contributed by atoms with E-state index in [4.69, 9.17) is 10.6 Å². The number of nitrogens with one attached hydrogen (secondary N) is 1. The smallest absolute Gasteiger partial charge is 0.325 e. The fourth-order valence-electron chi connectivity index (χ4n) is 2.18. The number of hydrogen-bond acceptors (Lipinski definition) is 4. The van der Waals surface area contributed by atoms with Crippen LogP contribution in [-0.4, -0.2) is 41.4 Å². The van der Waals surface area contributed by atoms with Crippen LogP contribution >= 0.6 is 0 Å². The summed E-state index contributed by atoms with van der Waals surface area (Å²) in [5.74, 6) is -5.08. The zero-order valence-electron chi connectivity index (χ0n) is 13.6. The van der Waals surface area contributed by atoms with Gasteiger partial charge >= 0.3 is 6.03 Å². The van der Waals surface area contributed by atoms with Crippen LogP contribution in [0.5, 0.6) is 0 Å². The van der Waals surface area contributed by atoms with E-state index in [1.54, 1.807) is 13.8 Å². The van der Waals surface area contributed by atoms with Crippen molar-refractivity contribution in [2.45, 2.75) is 25.8 Å². The van der Waals surface area contributed by atoms with E-state index in [1.165, 1.54) is 0 Å². The van der Waals surface area contributed by atoms with E-state index in [1.807, 2.05) is 0 Å². The minimum absolute atomic E-state index is 0.00431. The molecule has 0 bridgehead atoms. The average Bonchev–Trinajstić information content (AvgIpc) is 2.72. The zero-order chi connectivity index (χ0) is 18.8. The van der Waals surface area contributed by atoms with Gasteiger partial charge in [0, 0.05) is 18.5 Å². The molecule has 1 saturated heterocycles. The molecule has 136 valence electrons. The largest absolute Gasteiger partial charge is 0.394 e. The number of amides is 3. The number of urea groups is 1. The van der Waals surface area contributed by atoms with E-state index in [2.05, 4.69) is 10.5 Å². The molecular weight excluding hydrogens is 341 g/mol. The number of nitrogens with zero attached hydrogens (tertiary/aromatic N) is 2. The number of carbonyl (C=O) groups excluding carboxylic acids is 2. The SMILES string of the molecule is CC1(C)NC(=O)N(CCCO/N=C(/N)c2cc(F)c(F)c(F)c2)C1=O. The number of hydrogen-bond donors (Lipinski definition) is 2. The third-order valence-electron chi connectivity index (χ3n) is 3.50. The van der Waals surface area contributed by atoms with E-state index in [0.717, 1.165) is 4.90 Å². The lowest BCUT2D eigenvalue weighted by atomic mass is 10.1. The van der Waals surface area contributed by atoms with Crippen LogP contribution in [-0.2, 0) is 9.63 Å². The summed E-state index contributed by atoms with van der Waals surface area (Å²) in [4.78, 5) is 29.5. The first kappa shape index (κ1) is 18.6. The second kappa shape index (κ2) is 6.99. The molecule has 0 unspecified atom stereocenters. The molecule has 1 aliphatic rings. The van der Waals surface area contributed by atoms with Gasteiger partial charge in [0.05, 0.1) is 0 Å². The van der Waals surface area contributed by atoms with Gasteiger partial charge in [0.1, 0.15) is 12.1 Å². The molecule has 2 rings (SSSR count). The van der Waals surface area contributed by atoms with Crippen molar-refractivity contribution >= 4 is 17.8 Å². The lowest BCUT2D eigenvalue weighted by molar-refractivity contribution is -0.130. The monoisotopic (exact) mass is 358 g/mol. The van der Waals surface area contributed by atoms with E-state index >= 15 is 0 Å². The third kappa shape index (κ3) is 4.01. The fraction of sp³-hybridized carbons (Fsp3) is 0.400.